The third kappa shape index (κ3) is 4.99. The minimum Gasteiger partial charge on any atom is -0.507 e. The van der Waals surface area contributed by atoms with E-state index in [1.165, 1.54) is 17.0 Å². The van der Waals surface area contributed by atoms with Crippen molar-refractivity contribution >= 4 is 46.3 Å². The number of carbonyl (C=O) groups excluding carboxylic acids is 2. The maximum atomic E-state index is 13.3. The smallest absolute Gasteiger partial charge is 0.300 e. The van der Waals surface area contributed by atoms with E-state index in [9.17, 15) is 14.7 Å². The van der Waals surface area contributed by atoms with Crippen molar-refractivity contribution in [3.63, 3.8) is 0 Å². The fourth-order valence-corrected chi connectivity index (χ4v) is 4.53. The number of carbonyl (C=O) groups is 2. The van der Waals surface area contributed by atoms with Crippen molar-refractivity contribution in [3.8, 4) is 5.75 Å². The molecule has 186 valence electrons. The van der Waals surface area contributed by atoms with Crippen molar-refractivity contribution in [1.29, 1.82) is 0 Å². The molecule has 3 aromatic rings. The first-order valence-corrected chi connectivity index (χ1v) is 12.5. The van der Waals surface area contributed by atoms with E-state index in [-0.39, 0.29) is 22.5 Å². The molecule has 0 saturated carbocycles. The van der Waals surface area contributed by atoms with Crippen LogP contribution in [0.25, 0.3) is 5.76 Å². The molecular formula is C29H27Cl2NO4. The number of aliphatic hydroxyl groups excluding tert-OH is 1. The summed E-state index contributed by atoms with van der Waals surface area (Å²) in [5, 5.41) is 11.8. The second-order valence-electron chi connectivity index (χ2n) is 9.28. The topological polar surface area (TPSA) is 66.8 Å². The summed E-state index contributed by atoms with van der Waals surface area (Å²) in [6.07, 6.45) is -0.00406. The zero-order chi connectivity index (χ0) is 26.1. The Labute approximate surface area is 220 Å². The molecule has 0 aromatic heterocycles. The average Bonchev–Trinajstić information content (AvgIpc) is 3.11. The van der Waals surface area contributed by atoms with Crippen LogP contribution in [0, 0.1) is 0 Å². The number of aliphatic hydroxyl groups is 1. The molecule has 7 heteroatoms. The maximum Gasteiger partial charge on any atom is 0.300 e. The largest absolute Gasteiger partial charge is 0.507 e. The van der Waals surface area contributed by atoms with Crippen LogP contribution in [0.5, 0.6) is 5.75 Å². The highest BCUT2D eigenvalue weighted by molar-refractivity contribution is 6.51. The summed E-state index contributed by atoms with van der Waals surface area (Å²) < 4.78 is 5.75. The Morgan fingerprint density at radius 3 is 2.08 bits per heavy atom. The second kappa shape index (κ2) is 10.4. The number of hydrogen-bond donors (Lipinski definition) is 1. The molecule has 1 saturated heterocycles. The van der Waals surface area contributed by atoms with Crippen LogP contribution in [0.1, 0.15) is 56.3 Å². The van der Waals surface area contributed by atoms with Crippen LogP contribution in [0.15, 0.2) is 72.3 Å². The number of hydrogen-bond acceptors (Lipinski definition) is 4. The van der Waals surface area contributed by atoms with Crippen LogP contribution in [0.4, 0.5) is 5.69 Å². The summed E-state index contributed by atoms with van der Waals surface area (Å²) in [6, 6.07) is 18.4. The van der Waals surface area contributed by atoms with Gasteiger partial charge in [-0.05, 0) is 73.4 Å². The van der Waals surface area contributed by atoms with Gasteiger partial charge in [0.2, 0.25) is 0 Å². The number of nitrogens with zero attached hydrogens (tertiary/aromatic N) is 1. The highest BCUT2D eigenvalue weighted by Crippen LogP contribution is 2.43. The van der Waals surface area contributed by atoms with E-state index in [2.05, 4.69) is 13.8 Å². The Bertz CT molecular complexity index is 1330. The Morgan fingerprint density at radius 2 is 1.53 bits per heavy atom. The molecule has 1 atom stereocenters. The molecule has 3 aromatic carbocycles. The lowest BCUT2D eigenvalue weighted by Crippen LogP contribution is -2.29. The maximum absolute atomic E-state index is 13.3. The summed E-state index contributed by atoms with van der Waals surface area (Å²) in [7, 11) is 0. The lowest BCUT2D eigenvalue weighted by Gasteiger charge is -2.26. The molecule has 0 radical (unpaired) electrons. The molecule has 0 bridgehead atoms. The normalized spacial score (nSPS) is 17.3. The van der Waals surface area contributed by atoms with Crippen LogP contribution in [-0.4, -0.2) is 22.9 Å². The molecule has 0 aliphatic carbocycles. The minimum atomic E-state index is -0.850. The van der Waals surface area contributed by atoms with Gasteiger partial charge in [0.1, 0.15) is 11.5 Å². The first kappa shape index (κ1) is 25.8. The van der Waals surface area contributed by atoms with Crippen LogP contribution in [-0.2, 0) is 9.59 Å². The molecule has 36 heavy (non-hydrogen) atoms. The van der Waals surface area contributed by atoms with Gasteiger partial charge in [-0.15, -0.1) is 0 Å². The van der Waals surface area contributed by atoms with Crippen molar-refractivity contribution in [2.75, 3.05) is 4.90 Å². The van der Waals surface area contributed by atoms with Crippen molar-refractivity contribution < 1.29 is 19.4 Å². The summed E-state index contributed by atoms with van der Waals surface area (Å²) in [5.74, 6) is -0.842. The molecule has 1 aliphatic heterocycles. The third-order valence-electron chi connectivity index (χ3n) is 6.04. The van der Waals surface area contributed by atoms with Gasteiger partial charge in [-0.1, -0.05) is 61.3 Å². The average molecular weight is 524 g/mol. The molecule has 4 rings (SSSR count). The van der Waals surface area contributed by atoms with E-state index >= 15 is 0 Å². The zero-order valence-electron chi connectivity index (χ0n) is 20.5. The van der Waals surface area contributed by atoms with Gasteiger partial charge < -0.3 is 9.84 Å². The fourth-order valence-electron chi connectivity index (χ4n) is 4.23. The molecule has 1 aliphatic rings. The highest BCUT2D eigenvalue weighted by atomic mass is 35.5. The Morgan fingerprint density at radius 1 is 0.889 bits per heavy atom. The lowest BCUT2D eigenvalue weighted by molar-refractivity contribution is -0.132. The number of anilines is 1. The van der Waals surface area contributed by atoms with Gasteiger partial charge in [0.25, 0.3) is 11.7 Å². The minimum absolute atomic E-state index is 0.00406. The van der Waals surface area contributed by atoms with Crippen LogP contribution in [0.3, 0.4) is 0 Å². The Kier molecular flexibility index (Phi) is 7.43. The van der Waals surface area contributed by atoms with Crippen LogP contribution in [0.2, 0.25) is 10.0 Å². The first-order valence-electron chi connectivity index (χ1n) is 11.7. The fraction of sp³-hybridized carbons (Fsp3) is 0.241. The number of benzene rings is 3. The van der Waals surface area contributed by atoms with E-state index < -0.39 is 17.7 Å². The quantitative estimate of drug-likeness (QED) is 0.206. The van der Waals surface area contributed by atoms with E-state index in [0.717, 1.165) is 5.56 Å². The molecule has 1 N–H and O–H groups in total. The van der Waals surface area contributed by atoms with Gasteiger partial charge in [0.05, 0.1) is 27.8 Å². The van der Waals surface area contributed by atoms with E-state index in [1.807, 2.05) is 38.1 Å². The highest BCUT2D eigenvalue weighted by Gasteiger charge is 2.47. The summed E-state index contributed by atoms with van der Waals surface area (Å²) in [4.78, 5) is 28.1. The molecular weight excluding hydrogens is 497 g/mol. The zero-order valence-corrected chi connectivity index (χ0v) is 22.0. The number of ether oxygens (including phenoxy) is 1. The van der Waals surface area contributed by atoms with Crippen molar-refractivity contribution in [2.24, 2.45) is 0 Å². The lowest BCUT2D eigenvalue weighted by atomic mass is 9.95. The van der Waals surface area contributed by atoms with Crippen molar-refractivity contribution in [1.82, 2.24) is 0 Å². The number of ketones is 1. The molecule has 1 heterocycles. The SMILES string of the molecule is CC(C)Oc1ccc(C2/C(=C(/O)c3ccc(Cl)c(Cl)c3)C(=O)C(=O)N2c2ccc(C(C)C)cc2)cc1. The Hall–Kier alpha value is -3.28. The Balaban J connectivity index is 1.88. The van der Waals surface area contributed by atoms with Crippen molar-refractivity contribution in [2.45, 2.75) is 45.8 Å². The number of halogens is 2. The molecule has 1 unspecified atom stereocenters. The van der Waals surface area contributed by atoms with Gasteiger partial charge in [0.15, 0.2) is 0 Å². The second-order valence-corrected chi connectivity index (χ2v) is 10.1. The molecule has 1 amide bonds. The number of rotatable bonds is 6. The van der Waals surface area contributed by atoms with Gasteiger partial charge in [0, 0.05) is 11.3 Å². The molecule has 5 nitrogen and oxygen atoms in total. The monoisotopic (exact) mass is 523 g/mol. The van der Waals surface area contributed by atoms with Crippen LogP contribution < -0.4 is 9.64 Å². The van der Waals surface area contributed by atoms with Gasteiger partial charge in [-0.25, -0.2) is 0 Å². The third-order valence-corrected chi connectivity index (χ3v) is 6.78. The standard InChI is InChI=1S/C29H27Cl2NO4/c1-16(2)18-5-10-21(11-6-18)32-26(19-7-12-22(13-8-19)36-17(3)4)25(28(34)29(32)35)27(33)20-9-14-23(30)24(31)15-20/h5-17,26,33H,1-4H3/b27-25-. The van der Waals surface area contributed by atoms with Gasteiger partial charge in [-0.3, -0.25) is 14.5 Å². The number of amides is 1. The number of Topliss-reactive ketones (excluding diaryl/α,β-unsaturated/α-hetero) is 1. The van der Waals surface area contributed by atoms with E-state index in [1.54, 1.807) is 30.3 Å². The van der Waals surface area contributed by atoms with E-state index in [0.29, 0.717) is 33.5 Å². The predicted molar refractivity (Wildman–Crippen MR) is 144 cm³/mol. The summed E-state index contributed by atoms with van der Waals surface area (Å²) >= 11 is 12.2. The summed E-state index contributed by atoms with van der Waals surface area (Å²) in [6.45, 7) is 8.03. The summed E-state index contributed by atoms with van der Waals surface area (Å²) in [5.41, 5.74) is 2.59. The van der Waals surface area contributed by atoms with Gasteiger partial charge >= 0.3 is 0 Å². The van der Waals surface area contributed by atoms with Crippen LogP contribution >= 0.6 is 23.2 Å². The first-order chi connectivity index (χ1) is 17.1. The molecule has 1 fully saturated rings. The molecule has 0 spiro atoms. The van der Waals surface area contributed by atoms with Gasteiger partial charge in [-0.2, -0.15) is 0 Å². The predicted octanol–water partition coefficient (Wildman–Crippen LogP) is 7.53. The van der Waals surface area contributed by atoms with E-state index in [4.69, 9.17) is 27.9 Å². The van der Waals surface area contributed by atoms with Crippen molar-refractivity contribution in [3.05, 3.63) is 99.0 Å².